The van der Waals surface area contributed by atoms with E-state index in [0.717, 1.165) is 38.2 Å². The maximum absolute atomic E-state index is 9.34. The highest BCUT2D eigenvalue weighted by Gasteiger charge is 2.19. The highest BCUT2D eigenvalue weighted by atomic mass is 16.3. The van der Waals surface area contributed by atoms with Crippen molar-refractivity contribution >= 4 is 0 Å². The molecule has 3 heteroatoms. The molecule has 0 amide bonds. The van der Waals surface area contributed by atoms with Gasteiger partial charge in [0.2, 0.25) is 0 Å². The van der Waals surface area contributed by atoms with Gasteiger partial charge in [0, 0.05) is 37.9 Å². The minimum Gasteiger partial charge on any atom is -0.392 e. The second kappa shape index (κ2) is 4.53. The highest BCUT2D eigenvalue weighted by molar-refractivity contribution is 5.03. The molecule has 0 unspecified atom stereocenters. The maximum atomic E-state index is 9.34. The van der Waals surface area contributed by atoms with Crippen molar-refractivity contribution in [2.75, 3.05) is 19.6 Å². The van der Waals surface area contributed by atoms with Crippen LogP contribution >= 0.6 is 0 Å². The molecule has 0 aliphatic carbocycles. The Morgan fingerprint density at radius 1 is 1.50 bits per heavy atom. The predicted molar refractivity (Wildman–Crippen MR) is 55.0 cm³/mol. The van der Waals surface area contributed by atoms with Crippen LogP contribution in [0, 0.1) is 0 Å². The van der Waals surface area contributed by atoms with E-state index >= 15 is 0 Å². The Balaban J connectivity index is 1.78. The van der Waals surface area contributed by atoms with Crippen molar-refractivity contribution in [3.8, 4) is 0 Å². The minimum absolute atomic E-state index is 0.112. The lowest BCUT2D eigenvalue weighted by Gasteiger charge is -2.13. The molecular formula is C11H16N2O. The van der Waals surface area contributed by atoms with Crippen molar-refractivity contribution in [1.82, 2.24) is 9.88 Å². The first-order valence-electron chi connectivity index (χ1n) is 5.15. The van der Waals surface area contributed by atoms with Gasteiger partial charge < -0.3 is 10.0 Å². The van der Waals surface area contributed by atoms with Gasteiger partial charge in [0.15, 0.2) is 0 Å². The Hall–Kier alpha value is -0.930. The van der Waals surface area contributed by atoms with Crippen LogP contribution in [0.2, 0.25) is 0 Å². The summed E-state index contributed by atoms with van der Waals surface area (Å²) in [4.78, 5) is 6.56. The van der Waals surface area contributed by atoms with E-state index in [4.69, 9.17) is 0 Å². The van der Waals surface area contributed by atoms with Crippen LogP contribution in [0.1, 0.15) is 12.1 Å². The lowest BCUT2D eigenvalue weighted by atomic mass is 10.2. The van der Waals surface area contributed by atoms with Crippen molar-refractivity contribution in [2.24, 2.45) is 0 Å². The van der Waals surface area contributed by atoms with Crippen molar-refractivity contribution in [1.29, 1.82) is 0 Å². The summed E-state index contributed by atoms with van der Waals surface area (Å²) < 4.78 is 0. The fraction of sp³-hybridized carbons (Fsp3) is 0.545. The number of aromatic nitrogens is 1. The number of nitrogens with zero attached hydrogens (tertiary/aromatic N) is 2. The number of likely N-dealkylation sites (tertiary alicyclic amines) is 1. The topological polar surface area (TPSA) is 36.4 Å². The molecule has 2 rings (SSSR count). The summed E-state index contributed by atoms with van der Waals surface area (Å²) in [6, 6.07) is 6.00. The van der Waals surface area contributed by atoms with E-state index in [1.807, 2.05) is 24.4 Å². The number of β-amino-alcohol motifs (C(OH)–C–C–N with tert-alkyl or cyclic N) is 1. The van der Waals surface area contributed by atoms with E-state index in [-0.39, 0.29) is 6.10 Å². The van der Waals surface area contributed by atoms with Crippen LogP contribution in [-0.2, 0) is 6.42 Å². The van der Waals surface area contributed by atoms with Gasteiger partial charge in [0.05, 0.1) is 6.10 Å². The van der Waals surface area contributed by atoms with Gasteiger partial charge >= 0.3 is 0 Å². The molecule has 1 atom stereocenters. The highest BCUT2D eigenvalue weighted by Crippen LogP contribution is 2.09. The molecule has 2 heterocycles. The standard InChI is InChI=1S/C11H16N2O/c14-11-5-8-13(9-11)7-4-10-3-1-2-6-12-10/h1-3,6,11,14H,4-5,7-9H2/t11-/m0/s1. The van der Waals surface area contributed by atoms with Crippen molar-refractivity contribution in [3.05, 3.63) is 30.1 Å². The van der Waals surface area contributed by atoms with Gasteiger partial charge in [0.1, 0.15) is 0 Å². The fourth-order valence-electron chi connectivity index (χ4n) is 1.83. The zero-order valence-electron chi connectivity index (χ0n) is 8.26. The molecule has 0 bridgehead atoms. The molecule has 3 nitrogen and oxygen atoms in total. The number of hydrogen-bond donors (Lipinski definition) is 1. The molecule has 1 N–H and O–H groups in total. The van der Waals surface area contributed by atoms with Gasteiger partial charge in [-0.1, -0.05) is 6.07 Å². The first-order chi connectivity index (χ1) is 6.84. The molecule has 0 saturated carbocycles. The predicted octanol–water partition coefficient (Wildman–Crippen LogP) is 0.691. The average molecular weight is 192 g/mol. The monoisotopic (exact) mass is 192 g/mol. The van der Waals surface area contributed by atoms with Crippen LogP contribution in [0.4, 0.5) is 0 Å². The first-order valence-corrected chi connectivity index (χ1v) is 5.15. The molecule has 1 aliphatic rings. The Morgan fingerprint density at radius 3 is 3.07 bits per heavy atom. The Kier molecular flexibility index (Phi) is 3.11. The van der Waals surface area contributed by atoms with Crippen molar-refractivity contribution in [2.45, 2.75) is 18.9 Å². The van der Waals surface area contributed by atoms with Crippen LogP contribution in [0.3, 0.4) is 0 Å². The molecule has 0 spiro atoms. The van der Waals surface area contributed by atoms with E-state index in [0.29, 0.717) is 0 Å². The molecule has 0 aromatic carbocycles. The van der Waals surface area contributed by atoms with Crippen LogP contribution in [0.25, 0.3) is 0 Å². The Bertz CT molecular complexity index is 276. The summed E-state index contributed by atoms with van der Waals surface area (Å²) in [6.07, 6.45) is 3.61. The SMILES string of the molecule is O[C@H]1CCN(CCc2ccccn2)C1. The van der Waals surface area contributed by atoms with Gasteiger partial charge in [-0.15, -0.1) is 0 Å². The number of aliphatic hydroxyl groups is 1. The molecule has 1 aromatic rings. The molecule has 1 aliphatic heterocycles. The van der Waals surface area contributed by atoms with Gasteiger partial charge in [-0.3, -0.25) is 4.98 Å². The summed E-state index contributed by atoms with van der Waals surface area (Å²) in [7, 11) is 0. The summed E-state index contributed by atoms with van der Waals surface area (Å²) in [5.41, 5.74) is 1.13. The van der Waals surface area contributed by atoms with E-state index in [2.05, 4.69) is 9.88 Å². The van der Waals surface area contributed by atoms with Crippen LogP contribution in [0.5, 0.6) is 0 Å². The molecule has 1 fully saturated rings. The third-order valence-corrected chi connectivity index (χ3v) is 2.66. The lowest BCUT2D eigenvalue weighted by Crippen LogP contribution is -2.24. The maximum Gasteiger partial charge on any atom is 0.0679 e. The number of hydrogen-bond acceptors (Lipinski definition) is 3. The van der Waals surface area contributed by atoms with Gasteiger partial charge in [-0.25, -0.2) is 0 Å². The van der Waals surface area contributed by atoms with Crippen LogP contribution in [-0.4, -0.2) is 40.7 Å². The third kappa shape index (κ3) is 2.53. The Labute approximate surface area is 84.4 Å². The summed E-state index contributed by atoms with van der Waals surface area (Å²) in [5.74, 6) is 0. The zero-order chi connectivity index (χ0) is 9.80. The molecule has 1 saturated heterocycles. The second-order valence-electron chi connectivity index (χ2n) is 3.81. The first kappa shape index (κ1) is 9.62. The molecule has 0 radical (unpaired) electrons. The summed E-state index contributed by atoms with van der Waals surface area (Å²) >= 11 is 0. The third-order valence-electron chi connectivity index (χ3n) is 2.66. The van der Waals surface area contributed by atoms with E-state index in [1.165, 1.54) is 0 Å². The summed E-state index contributed by atoms with van der Waals surface area (Å²) in [5, 5.41) is 9.34. The van der Waals surface area contributed by atoms with Gasteiger partial charge in [0.25, 0.3) is 0 Å². The quantitative estimate of drug-likeness (QED) is 0.765. The van der Waals surface area contributed by atoms with Crippen molar-refractivity contribution < 1.29 is 5.11 Å². The summed E-state index contributed by atoms with van der Waals surface area (Å²) in [6.45, 7) is 2.86. The fourth-order valence-corrected chi connectivity index (χ4v) is 1.83. The van der Waals surface area contributed by atoms with Crippen molar-refractivity contribution in [3.63, 3.8) is 0 Å². The van der Waals surface area contributed by atoms with Gasteiger partial charge in [-0.05, 0) is 18.6 Å². The number of pyridine rings is 1. The second-order valence-corrected chi connectivity index (χ2v) is 3.81. The number of aliphatic hydroxyl groups excluding tert-OH is 1. The molecule has 14 heavy (non-hydrogen) atoms. The van der Waals surface area contributed by atoms with Crippen LogP contribution < -0.4 is 0 Å². The minimum atomic E-state index is -0.112. The molecule has 76 valence electrons. The van der Waals surface area contributed by atoms with E-state index in [9.17, 15) is 5.11 Å². The normalized spacial score (nSPS) is 22.8. The largest absolute Gasteiger partial charge is 0.392 e. The lowest BCUT2D eigenvalue weighted by molar-refractivity contribution is 0.176. The smallest absolute Gasteiger partial charge is 0.0679 e. The molecular weight excluding hydrogens is 176 g/mol. The van der Waals surface area contributed by atoms with Crippen LogP contribution in [0.15, 0.2) is 24.4 Å². The van der Waals surface area contributed by atoms with Gasteiger partial charge in [-0.2, -0.15) is 0 Å². The van der Waals surface area contributed by atoms with E-state index < -0.39 is 0 Å². The number of rotatable bonds is 3. The zero-order valence-corrected chi connectivity index (χ0v) is 8.26. The van der Waals surface area contributed by atoms with E-state index in [1.54, 1.807) is 0 Å². The Morgan fingerprint density at radius 2 is 2.43 bits per heavy atom. The molecule has 1 aromatic heterocycles. The average Bonchev–Trinajstić information content (AvgIpc) is 2.63.